The van der Waals surface area contributed by atoms with E-state index in [1.54, 1.807) is 0 Å². The summed E-state index contributed by atoms with van der Waals surface area (Å²) >= 11 is 0. The second kappa shape index (κ2) is 3.24. The molecular weight excluding hydrogens is 203 g/mol. The zero-order valence-corrected chi connectivity index (χ0v) is 10.7. The summed E-state index contributed by atoms with van der Waals surface area (Å²) in [4.78, 5) is 0. The zero-order valence-electron chi connectivity index (χ0n) is 10.7. The lowest BCUT2D eigenvalue weighted by Gasteiger charge is -2.32. The molecule has 3 atom stereocenters. The normalized spacial score (nSPS) is 44.2. The highest BCUT2D eigenvalue weighted by atomic mass is 16.7. The molecule has 0 aromatic carbocycles. The van der Waals surface area contributed by atoms with Gasteiger partial charge < -0.3 is 14.0 Å². The topological polar surface area (TPSA) is 27.7 Å². The van der Waals surface area contributed by atoms with Crippen LogP contribution in [0.5, 0.6) is 0 Å². The highest BCUT2D eigenvalue weighted by molar-refractivity contribution is 6.49. The lowest BCUT2D eigenvalue weighted by atomic mass is 9.79. The first-order valence-corrected chi connectivity index (χ1v) is 6.36. The average molecular weight is 224 g/mol. The Morgan fingerprint density at radius 1 is 1.00 bits per heavy atom. The second-order valence-corrected chi connectivity index (χ2v) is 6.39. The summed E-state index contributed by atoms with van der Waals surface area (Å²) in [5.74, 6) is 2.04. The summed E-state index contributed by atoms with van der Waals surface area (Å²) < 4.78 is 17.7. The molecule has 0 spiro atoms. The third kappa shape index (κ3) is 1.46. The molecule has 2 aliphatic heterocycles. The van der Waals surface area contributed by atoms with Gasteiger partial charge in [-0.1, -0.05) is 0 Å². The Kier molecular flexibility index (Phi) is 2.24. The van der Waals surface area contributed by atoms with E-state index < -0.39 is 0 Å². The summed E-state index contributed by atoms with van der Waals surface area (Å²) in [6.07, 6.45) is 1.18. The fraction of sp³-hybridized carbons (Fsp3) is 1.00. The Bertz CT molecular complexity index is 275. The summed E-state index contributed by atoms with van der Waals surface area (Å²) in [6, 6.07) is 0. The van der Waals surface area contributed by atoms with Crippen molar-refractivity contribution in [3.05, 3.63) is 0 Å². The van der Waals surface area contributed by atoms with Crippen LogP contribution in [0.1, 0.15) is 34.1 Å². The lowest BCUT2D eigenvalue weighted by molar-refractivity contribution is 0.00578. The van der Waals surface area contributed by atoms with Crippen molar-refractivity contribution >= 4 is 7.12 Å². The fourth-order valence-electron chi connectivity index (χ4n) is 3.00. The van der Waals surface area contributed by atoms with Crippen molar-refractivity contribution in [1.29, 1.82) is 0 Å². The number of fused-ring (bicyclic) bond motifs is 1. The van der Waals surface area contributed by atoms with Crippen molar-refractivity contribution in [2.45, 2.75) is 51.1 Å². The molecule has 3 fully saturated rings. The summed E-state index contributed by atoms with van der Waals surface area (Å²) in [5, 5.41) is 0. The second-order valence-electron chi connectivity index (χ2n) is 6.39. The van der Waals surface area contributed by atoms with E-state index in [0.29, 0.717) is 11.7 Å². The van der Waals surface area contributed by atoms with Gasteiger partial charge in [-0.15, -0.1) is 0 Å². The molecule has 0 aromatic rings. The van der Waals surface area contributed by atoms with Gasteiger partial charge in [0.2, 0.25) is 0 Å². The zero-order chi connectivity index (χ0) is 11.6. The number of hydrogen-bond acceptors (Lipinski definition) is 3. The van der Waals surface area contributed by atoms with E-state index in [2.05, 4.69) is 27.7 Å². The van der Waals surface area contributed by atoms with Crippen LogP contribution < -0.4 is 0 Å². The van der Waals surface area contributed by atoms with Crippen LogP contribution in [0.25, 0.3) is 0 Å². The van der Waals surface area contributed by atoms with Gasteiger partial charge in [0.25, 0.3) is 0 Å². The van der Waals surface area contributed by atoms with Gasteiger partial charge >= 0.3 is 7.12 Å². The van der Waals surface area contributed by atoms with E-state index in [0.717, 1.165) is 19.1 Å². The third-order valence-electron chi connectivity index (χ3n) is 4.89. The molecule has 0 amide bonds. The minimum Gasteiger partial charge on any atom is -0.403 e. The van der Waals surface area contributed by atoms with Gasteiger partial charge in [0.05, 0.1) is 11.2 Å². The van der Waals surface area contributed by atoms with Crippen LogP contribution in [0.3, 0.4) is 0 Å². The number of ether oxygens (including phenoxy) is 1. The van der Waals surface area contributed by atoms with Crippen LogP contribution in [0.4, 0.5) is 0 Å². The van der Waals surface area contributed by atoms with Crippen LogP contribution in [-0.4, -0.2) is 31.5 Å². The van der Waals surface area contributed by atoms with Crippen molar-refractivity contribution in [3.63, 3.8) is 0 Å². The van der Waals surface area contributed by atoms with Crippen molar-refractivity contribution in [2.75, 3.05) is 13.2 Å². The van der Waals surface area contributed by atoms with Gasteiger partial charge in [-0.05, 0) is 46.0 Å². The van der Waals surface area contributed by atoms with E-state index in [1.807, 2.05) is 0 Å². The summed E-state index contributed by atoms with van der Waals surface area (Å²) in [5.41, 5.74) is -0.380. The van der Waals surface area contributed by atoms with E-state index in [4.69, 9.17) is 14.0 Å². The molecule has 0 N–H and O–H groups in total. The minimum absolute atomic E-state index is 0.0123. The average Bonchev–Trinajstić information content (AvgIpc) is 2.84. The van der Waals surface area contributed by atoms with Gasteiger partial charge in [0, 0.05) is 19.0 Å². The summed E-state index contributed by atoms with van der Waals surface area (Å²) in [7, 11) is -0.0123. The van der Waals surface area contributed by atoms with Crippen molar-refractivity contribution in [3.8, 4) is 0 Å². The molecule has 16 heavy (non-hydrogen) atoms. The smallest absolute Gasteiger partial charge is 0.403 e. The van der Waals surface area contributed by atoms with E-state index in [1.165, 1.54) is 6.42 Å². The van der Waals surface area contributed by atoms with Gasteiger partial charge in [-0.2, -0.15) is 0 Å². The highest BCUT2D eigenvalue weighted by Crippen LogP contribution is 2.60. The molecule has 3 aliphatic rings. The molecule has 3 nitrogen and oxygen atoms in total. The quantitative estimate of drug-likeness (QED) is 0.638. The van der Waals surface area contributed by atoms with Crippen molar-refractivity contribution in [1.82, 2.24) is 0 Å². The summed E-state index contributed by atoms with van der Waals surface area (Å²) in [6.45, 7) is 10.3. The molecule has 90 valence electrons. The Balaban J connectivity index is 1.71. The first-order valence-electron chi connectivity index (χ1n) is 6.36. The van der Waals surface area contributed by atoms with Gasteiger partial charge in [-0.25, -0.2) is 0 Å². The molecule has 3 rings (SSSR count). The monoisotopic (exact) mass is 224 g/mol. The maximum Gasteiger partial charge on any atom is 0.461 e. The molecule has 0 bridgehead atoms. The predicted molar refractivity (Wildman–Crippen MR) is 62.2 cm³/mol. The Hall–Kier alpha value is -0.0551. The van der Waals surface area contributed by atoms with E-state index >= 15 is 0 Å². The maximum atomic E-state index is 6.10. The Morgan fingerprint density at radius 2 is 1.62 bits per heavy atom. The Morgan fingerprint density at radius 3 is 2.12 bits per heavy atom. The first-order chi connectivity index (χ1) is 7.42. The molecule has 4 heteroatoms. The van der Waals surface area contributed by atoms with Crippen LogP contribution in [0, 0.1) is 11.8 Å². The molecule has 3 unspecified atom stereocenters. The minimum atomic E-state index is -0.190. The molecule has 0 aromatic heterocycles. The van der Waals surface area contributed by atoms with Crippen LogP contribution in [-0.2, 0) is 14.0 Å². The van der Waals surface area contributed by atoms with Crippen molar-refractivity contribution < 1.29 is 14.0 Å². The van der Waals surface area contributed by atoms with Gasteiger partial charge in [0.1, 0.15) is 0 Å². The van der Waals surface area contributed by atoms with E-state index in [9.17, 15) is 0 Å². The van der Waals surface area contributed by atoms with Gasteiger partial charge in [0.15, 0.2) is 0 Å². The first kappa shape index (κ1) is 11.1. The van der Waals surface area contributed by atoms with Crippen molar-refractivity contribution in [2.24, 2.45) is 11.8 Å². The predicted octanol–water partition coefficient (Wildman–Crippen LogP) is 2.12. The lowest BCUT2D eigenvalue weighted by Crippen LogP contribution is -2.41. The number of hydrogen-bond donors (Lipinski definition) is 0. The largest absolute Gasteiger partial charge is 0.461 e. The maximum absolute atomic E-state index is 6.10. The molecule has 1 aliphatic carbocycles. The Labute approximate surface area is 98.0 Å². The van der Waals surface area contributed by atoms with Crippen LogP contribution >= 0.6 is 0 Å². The molecule has 1 saturated carbocycles. The van der Waals surface area contributed by atoms with Crippen LogP contribution in [0.15, 0.2) is 0 Å². The number of rotatable bonds is 1. The van der Waals surface area contributed by atoms with E-state index in [-0.39, 0.29) is 18.3 Å². The molecular formula is C12H21BO3. The molecule has 2 saturated heterocycles. The standard InChI is InChI=1S/C12H21BO3/c1-11(2)12(3,4)16-13(15-11)10-8-5-6-14-7-9(8)10/h8-10H,5-7H2,1-4H3. The highest BCUT2D eigenvalue weighted by Gasteiger charge is 2.65. The molecule has 2 heterocycles. The van der Waals surface area contributed by atoms with Gasteiger partial charge in [-0.3, -0.25) is 0 Å². The fourth-order valence-corrected chi connectivity index (χ4v) is 3.00. The SMILES string of the molecule is CC1(C)OB(C2C3CCOCC32)OC1(C)C. The van der Waals surface area contributed by atoms with Crippen LogP contribution in [0.2, 0.25) is 5.82 Å². The third-order valence-corrected chi connectivity index (χ3v) is 4.89. The molecule has 0 radical (unpaired) electrons.